The van der Waals surface area contributed by atoms with Crippen LogP contribution in [0.15, 0.2) is 15.9 Å². The maximum atomic E-state index is 11.7. The first-order chi connectivity index (χ1) is 7.27. The third kappa shape index (κ3) is 2.80. The second kappa shape index (κ2) is 5.09. The van der Waals surface area contributed by atoms with Gasteiger partial charge in [-0.1, -0.05) is 0 Å². The van der Waals surface area contributed by atoms with Gasteiger partial charge in [-0.3, -0.25) is 4.79 Å². The Hall–Kier alpha value is -0.390. The van der Waals surface area contributed by atoms with Crippen LogP contribution < -0.4 is 5.32 Å². The van der Waals surface area contributed by atoms with Crippen LogP contribution in [0, 0.1) is 0 Å². The average molecular weight is 290 g/mol. The first-order valence-corrected chi connectivity index (χ1v) is 6.57. The molecule has 1 aliphatic rings. The van der Waals surface area contributed by atoms with Crippen molar-refractivity contribution in [1.82, 2.24) is 5.32 Å². The summed E-state index contributed by atoms with van der Waals surface area (Å²) in [6, 6.07) is 1.88. The van der Waals surface area contributed by atoms with Crippen LogP contribution in [0.5, 0.6) is 0 Å². The Bertz CT molecular complexity index is 347. The number of carbonyl (C=O) groups excluding carboxylic acids is 1. The second-order valence-corrected chi connectivity index (χ2v) is 5.21. The van der Waals surface area contributed by atoms with Crippen molar-refractivity contribution in [3.05, 3.63) is 20.8 Å². The van der Waals surface area contributed by atoms with Gasteiger partial charge < -0.3 is 10.1 Å². The lowest BCUT2D eigenvalue weighted by Crippen LogP contribution is -2.31. The summed E-state index contributed by atoms with van der Waals surface area (Å²) in [5.41, 5.74) is 0. The van der Waals surface area contributed by atoms with Gasteiger partial charge in [0.2, 0.25) is 0 Å². The summed E-state index contributed by atoms with van der Waals surface area (Å²) < 4.78 is 6.29. The molecule has 1 amide bonds. The summed E-state index contributed by atoms with van der Waals surface area (Å²) in [7, 11) is 0. The largest absolute Gasteiger partial charge is 0.376 e. The van der Waals surface area contributed by atoms with Crippen molar-refractivity contribution in [3.63, 3.8) is 0 Å². The van der Waals surface area contributed by atoms with Gasteiger partial charge in [-0.15, -0.1) is 11.3 Å². The van der Waals surface area contributed by atoms with E-state index in [1.807, 2.05) is 11.4 Å². The summed E-state index contributed by atoms with van der Waals surface area (Å²) in [4.78, 5) is 12.4. The van der Waals surface area contributed by atoms with Crippen molar-refractivity contribution in [2.24, 2.45) is 0 Å². The first-order valence-electron chi connectivity index (χ1n) is 4.90. The first kappa shape index (κ1) is 11.1. The van der Waals surface area contributed by atoms with Gasteiger partial charge in [0.05, 0.1) is 6.10 Å². The van der Waals surface area contributed by atoms with E-state index in [-0.39, 0.29) is 12.0 Å². The Morgan fingerprint density at radius 1 is 1.73 bits per heavy atom. The highest BCUT2D eigenvalue weighted by molar-refractivity contribution is 9.10. The number of hydrogen-bond donors (Lipinski definition) is 1. The molecule has 2 heterocycles. The molecule has 2 rings (SSSR count). The smallest absolute Gasteiger partial charge is 0.262 e. The maximum absolute atomic E-state index is 11.7. The molecule has 0 spiro atoms. The molecule has 0 aliphatic carbocycles. The second-order valence-electron chi connectivity index (χ2n) is 3.44. The van der Waals surface area contributed by atoms with E-state index in [4.69, 9.17) is 4.74 Å². The molecule has 1 atom stereocenters. The number of thiophene rings is 1. The molecule has 82 valence electrons. The molecule has 0 bridgehead atoms. The fourth-order valence-electron chi connectivity index (χ4n) is 1.55. The molecular weight excluding hydrogens is 278 g/mol. The summed E-state index contributed by atoms with van der Waals surface area (Å²) in [5, 5.41) is 4.78. The van der Waals surface area contributed by atoms with E-state index in [9.17, 15) is 4.79 Å². The average Bonchev–Trinajstić information content (AvgIpc) is 2.84. The van der Waals surface area contributed by atoms with Gasteiger partial charge in [-0.25, -0.2) is 0 Å². The number of hydrogen-bond acceptors (Lipinski definition) is 3. The van der Waals surface area contributed by atoms with E-state index in [1.165, 1.54) is 11.3 Å². The zero-order chi connectivity index (χ0) is 10.7. The molecule has 1 N–H and O–H groups in total. The number of ether oxygens (including phenoxy) is 1. The third-order valence-electron chi connectivity index (χ3n) is 2.34. The Morgan fingerprint density at radius 2 is 2.60 bits per heavy atom. The lowest BCUT2D eigenvalue weighted by Gasteiger charge is -2.09. The van der Waals surface area contributed by atoms with Crippen LogP contribution in [0.2, 0.25) is 0 Å². The Balaban J connectivity index is 1.84. The standard InChI is InChI=1S/C10H12BrNO2S/c11-8-3-5-15-9(8)10(13)12-6-7-2-1-4-14-7/h3,5,7H,1-2,4,6H2,(H,12,13)/t7-/m0/s1. The van der Waals surface area contributed by atoms with Gasteiger partial charge in [-0.2, -0.15) is 0 Å². The molecule has 0 aromatic carbocycles. The Labute approximate surface area is 101 Å². The molecule has 1 fully saturated rings. The minimum Gasteiger partial charge on any atom is -0.376 e. The fourth-order valence-corrected chi connectivity index (χ4v) is 3.02. The zero-order valence-electron chi connectivity index (χ0n) is 8.16. The van der Waals surface area contributed by atoms with Gasteiger partial charge >= 0.3 is 0 Å². The van der Waals surface area contributed by atoms with Crippen LogP contribution in [-0.2, 0) is 4.74 Å². The molecule has 0 unspecified atom stereocenters. The number of amides is 1. The predicted molar refractivity (Wildman–Crippen MR) is 63.3 cm³/mol. The van der Waals surface area contributed by atoms with Crippen molar-refractivity contribution in [2.75, 3.05) is 13.2 Å². The highest BCUT2D eigenvalue weighted by Crippen LogP contribution is 2.22. The quantitative estimate of drug-likeness (QED) is 0.928. The van der Waals surface area contributed by atoms with E-state index in [2.05, 4.69) is 21.2 Å². The molecule has 1 aromatic heterocycles. The zero-order valence-corrected chi connectivity index (χ0v) is 10.6. The van der Waals surface area contributed by atoms with Crippen LogP contribution in [-0.4, -0.2) is 25.2 Å². The molecular formula is C10H12BrNO2S. The van der Waals surface area contributed by atoms with Crippen molar-refractivity contribution in [3.8, 4) is 0 Å². The number of rotatable bonds is 3. The Morgan fingerprint density at radius 3 is 3.20 bits per heavy atom. The number of carbonyl (C=O) groups is 1. The fraction of sp³-hybridized carbons (Fsp3) is 0.500. The molecule has 1 aromatic rings. The summed E-state index contributed by atoms with van der Waals surface area (Å²) in [6.07, 6.45) is 2.35. The van der Waals surface area contributed by atoms with Crippen LogP contribution in [0.4, 0.5) is 0 Å². The molecule has 5 heteroatoms. The third-order valence-corrected chi connectivity index (χ3v) is 4.17. The lowest BCUT2D eigenvalue weighted by molar-refractivity contribution is 0.0860. The van der Waals surface area contributed by atoms with E-state index in [1.54, 1.807) is 0 Å². The van der Waals surface area contributed by atoms with Gasteiger partial charge in [0.1, 0.15) is 4.88 Å². The van der Waals surface area contributed by atoms with Crippen LogP contribution in [0.1, 0.15) is 22.5 Å². The van der Waals surface area contributed by atoms with Crippen LogP contribution in [0.3, 0.4) is 0 Å². The highest BCUT2D eigenvalue weighted by Gasteiger charge is 2.17. The minimum atomic E-state index is -0.0209. The summed E-state index contributed by atoms with van der Waals surface area (Å²) >= 11 is 4.78. The predicted octanol–water partition coefficient (Wildman–Crippen LogP) is 2.42. The lowest BCUT2D eigenvalue weighted by atomic mass is 10.2. The van der Waals surface area contributed by atoms with Gasteiger partial charge in [-0.05, 0) is 40.2 Å². The van der Waals surface area contributed by atoms with Crippen molar-refractivity contribution >= 4 is 33.2 Å². The van der Waals surface area contributed by atoms with Crippen LogP contribution in [0.25, 0.3) is 0 Å². The summed E-state index contributed by atoms with van der Waals surface area (Å²) in [6.45, 7) is 1.44. The minimum absolute atomic E-state index is 0.0209. The SMILES string of the molecule is O=C(NC[C@@H]1CCCO1)c1sccc1Br. The number of nitrogens with one attached hydrogen (secondary N) is 1. The number of halogens is 1. The van der Waals surface area contributed by atoms with E-state index in [0.717, 1.165) is 28.8 Å². The van der Waals surface area contributed by atoms with Gasteiger partial charge in [0.25, 0.3) is 5.91 Å². The normalized spacial score (nSPS) is 20.5. The molecule has 1 saturated heterocycles. The van der Waals surface area contributed by atoms with Gasteiger partial charge in [0.15, 0.2) is 0 Å². The van der Waals surface area contributed by atoms with Crippen molar-refractivity contribution in [1.29, 1.82) is 0 Å². The van der Waals surface area contributed by atoms with E-state index >= 15 is 0 Å². The van der Waals surface area contributed by atoms with Crippen molar-refractivity contribution in [2.45, 2.75) is 18.9 Å². The highest BCUT2D eigenvalue weighted by atomic mass is 79.9. The molecule has 1 aliphatic heterocycles. The Kier molecular flexibility index (Phi) is 3.77. The molecule has 3 nitrogen and oxygen atoms in total. The monoisotopic (exact) mass is 289 g/mol. The van der Waals surface area contributed by atoms with Crippen LogP contribution >= 0.6 is 27.3 Å². The maximum Gasteiger partial charge on any atom is 0.262 e. The molecule has 15 heavy (non-hydrogen) atoms. The molecule has 0 radical (unpaired) electrons. The summed E-state index contributed by atoms with van der Waals surface area (Å²) in [5.74, 6) is -0.0209. The van der Waals surface area contributed by atoms with Crippen molar-refractivity contribution < 1.29 is 9.53 Å². The van der Waals surface area contributed by atoms with E-state index < -0.39 is 0 Å². The molecule has 0 saturated carbocycles. The topological polar surface area (TPSA) is 38.3 Å². The van der Waals surface area contributed by atoms with Gasteiger partial charge in [0, 0.05) is 17.6 Å². The van der Waals surface area contributed by atoms with E-state index in [0.29, 0.717) is 6.54 Å².